The van der Waals surface area contributed by atoms with Gasteiger partial charge in [0.1, 0.15) is 6.29 Å². The van der Waals surface area contributed by atoms with Crippen LogP contribution in [0.5, 0.6) is 0 Å². The quantitative estimate of drug-likeness (QED) is 0.315. The Morgan fingerprint density at radius 2 is 2.04 bits per heavy atom. The van der Waals surface area contributed by atoms with E-state index in [-0.39, 0.29) is 11.3 Å². The van der Waals surface area contributed by atoms with Gasteiger partial charge in [0.2, 0.25) is 0 Å². The molecular weight excluding hydrogens is 344 g/mol. The lowest BCUT2D eigenvalue weighted by Gasteiger charge is -2.32. The van der Waals surface area contributed by atoms with Crippen LogP contribution in [0.4, 0.5) is 0 Å². The topological polar surface area (TPSA) is 65.0 Å². The molecule has 0 aromatic carbocycles. The van der Waals surface area contributed by atoms with Crippen molar-refractivity contribution in [3.8, 4) is 0 Å². The van der Waals surface area contributed by atoms with Gasteiger partial charge >= 0.3 is 0 Å². The van der Waals surface area contributed by atoms with Crippen LogP contribution in [0.1, 0.15) is 65.7 Å². The zero-order chi connectivity index (χ0) is 19.8. The summed E-state index contributed by atoms with van der Waals surface area (Å²) in [6.45, 7) is 8.74. The summed E-state index contributed by atoms with van der Waals surface area (Å²) in [5, 5.41) is 10.7. The highest BCUT2D eigenvalue weighted by atomic mass is 16.7. The first-order chi connectivity index (χ1) is 12.9. The van der Waals surface area contributed by atoms with Gasteiger partial charge in [-0.2, -0.15) is 0 Å². The number of hydrogen-bond acceptors (Lipinski definition) is 5. The molecular formula is C22H38O5. The van der Waals surface area contributed by atoms with Gasteiger partial charge in [0.15, 0.2) is 5.79 Å². The summed E-state index contributed by atoms with van der Waals surface area (Å²) in [4.78, 5) is 10.6. The van der Waals surface area contributed by atoms with Crippen LogP contribution in [-0.4, -0.2) is 49.7 Å². The fourth-order valence-corrected chi connectivity index (χ4v) is 4.24. The Balaban J connectivity index is 1.97. The van der Waals surface area contributed by atoms with E-state index in [1.807, 2.05) is 19.9 Å². The fourth-order valence-electron chi connectivity index (χ4n) is 4.24. The maximum atomic E-state index is 10.7. The summed E-state index contributed by atoms with van der Waals surface area (Å²) in [7, 11) is 0. The highest BCUT2D eigenvalue weighted by Gasteiger charge is 2.51. The van der Waals surface area contributed by atoms with Crippen molar-refractivity contribution in [3.05, 3.63) is 12.2 Å². The van der Waals surface area contributed by atoms with Gasteiger partial charge in [0.25, 0.3) is 0 Å². The number of hydrogen-bond donors (Lipinski definition) is 1. The van der Waals surface area contributed by atoms with Crippen molar-refractivity contribution in [1.82, 2.24) is 0 Å². The molecule has 1 heterocycles. The number of carbonyl (C=O) groups excluding carboxylic acids is 1. The third kappa shape index (κ3) is 6.11. The lowest BCUT2D eigenvalue weighted by molar-refractivity contribution is -0.186. The Labute approximate surface area is 164 Å². The lowest BCUT2D eigenvalue weighted by atomic mass is 9.84. The van der Waals surface area contributed by atoms with Gasteiger partial charge in [-0.3, -0.25) is 0 Å². The SMILES string of the molecule is CCCOCC(C)(C)C(O)C=C[C@@H]1CCC2(OCCO2)C1CCCCC=O. The molecule has 2 rings (SSSR count). The van der Waals surface area contributed by atoms with E-state index < -0.39 is 11.9 Å². The van der Waals surface area contributed by atoms with Crippen molar-refractivity contribution in [1.29, 1.82) is 0 Å². The molecule has 0 amide bonds. The Kier molecular flexibility index (Phi) is 8.93. The van der Waals surface area contributed by atoms with Crippen LogP contribution < -0.4 is 0 Å². The molecule has 0 radical (unpaired) electrons. The van der Waals surface area contributed by atoms with Crippen LogP contribution in [0.15, 0.2) is 12.2 Å². The number of ether oxygens (including phenoxy) is 3. The predicted octanol–water partition coefficient (Wildman–Crippen LogP) is 3.88. The van der Waals surface area contributed by atoms with Gasteiger partial charge in [-0.05, 0) is 31.6 Å². The standard InChI is InChI=1S/C22H38O5/c1-4-14-25-17-21(2,3)20(24)10-9-18-11-12-22(26-15-16-27-22)19(18)8-6-5-7-13-23/h9-10,13,18-20,24H,4-8,11-12,14-17H2,1-3H3/t18-,19?,20?/m1/s1. The second-order valence-corrected chi connectivity index (χ2v) is 8.64. The van der Waals surface area contributed by atoms with E-state index in [0.29, 0.717) is 32.2 Å². The molecule has 156 valence electrons. The minimum atomic E-state index is -0.549. The van der Waals surface area contributed by atoms with Gasteiger partial charge in [-0.25, -0.2) is 0 Å². The molecule has 1 saturated heterocycles. The summed E-state index contributed by atoms with van der Waals surface area (Å²) < 4.78 is 17.7. The zero-order valence-electron chi connectivity index (χ0n) is 17.3. The van der Waals surface area contributed by atoms with E-state index >= 15 is 0 Å². The molecule has 1 saturated carbocycles. The lowest BCUT2D eigenvalue weighted by Crippen LogP contribution is -2.36. The average molecular weight is 383 g/mol. The highest BCUT2D eigenvalue weighted by molar-refractivity contribution is 5.48. The summed E-state index contributed by atoms with van der Waals surface area (Å²) >= 11 is 0. The number of rotatable bonds is 12. The van der Waals surface area contributed by atoms with Gasteiger partial charge in [-0.1, -0.05) is 39.3 Å². The molecule has 1 aliphatic heterocycles. The number of aldehydes is 1. The van der Waals surface area contributed by atoms with Gasteiger partial charge < -0.3 is 24.1 Å². The fraction of sp³-hybridized carbons (Fsp3) is 0.864. The summed E-state index contributed by atoms with van der Waals surface area (Å²) in [5.74, 6) is 0.164. The van der Waals surface area contributed by atoms with E-state index in [1.54, 1.807) is 0 Å². The summed E-state index contributed by atoms with van der Waals surface area (Å²) in [6, 6.07) is 0. The molecule has 0 aromatic heterocycles. The Bertz CT molecular complexity index is 467. The highest BCUT2D eigenvalue weighted by Crippen LogP contribution is 2.48. The van der Waals surface area contributed by atoms with Crippen molar-refractivity contribution in [2.75, 3.05) is 26.4 Å². The number of aliphatic hydroxyl groups excluding tert-OH is 1. The Hall–Kier alpha value is -0.750. The molecule has 5 heteroatoms. The largest absolute Gasteiger partial charge is 0.388 e. The second kappa shape index (κ2) is 10.7. The van der Waals surface area contributed by atoms with Crippen LogP contribution >= 0.6 is 0 Å². The first-order valence-electron chi connectivity index (χ1n) is 10.6. The van der Waals surface area contributed by atoms with E-state index in [2.05, 4.69) is 13.0 Å². The molecule has 2 unspecified atom stereocenters. The minimum absolute atomic E-state index is 0.287. The number of aliphatic hydroxyl groups is 1. The third-order valence-electron chi connectivity index (χ3n) is 5.93. The Morgan fingerprint density at radius 1 is 1.30 bits per heavy atom. The van der Waals surface area contributed by atoms with E-state index in [9.17, 15) is 9.90 Å². The molecule has 1 N–H and O–H groups in total. The van der Waals surface area contributed by atoms with Crippen LogP contribution in [0.25, 0.3) is 0 Å². The molecule has 1 aliphatic carbocycles. The van der Waals surface area contributed by atoms with Crippen LogP contribution in [0, 0.1) is 17.3 Å². The van der Waals surface area contributed by atoms with Crippen molar-refractivity contribution >= 4 is 6.29 Å². The van der Waals surface area contributed by atoms with E-state index in [1.165, 1.54) is 0 Å². The van der Waals surface area contributed by atoms with E-state index in [0.717, 1.165) is 51.4 Å². The van der Waals surface area contributed by atoms with Crippen LogP contribution in [0.3, 0.4) is 0 Å². The van der Waals surface area contributed by atoms with E-state index in [4.69, 9.17) is 14.2 Å². The molecule has 5 nitrogen and oxygen atoms in total. The first kappa shape index (κ1) is 22.5. The molecule has 1 spiro atoms. The normalized spacial score (nSPS) is 26.2. The van der Waals surface area contributed by atoms with Crippen molar-refractivity contribution in [2.45, 2.75) is 77.6 Å². The van der Waals surface area contributed by atoms with Crippen molar-refractivity contribution in [2.24, 2.45) is 17.3 Å². The maximum Gasteiger partial charge on any atom is 0.171 e. The van der Waals surface area contributed by atoms with Crippen molar-refractivity contribution < 1.29 is 24.1 Å². The van der Waals surface area contributed by atoms with Gasteiger partial charge in [-0.15, -0.1) is 0 Å². The second-order valence-electron chi connectivity index (χ2n) is 8.64. The average Bonchev–Trinajstić information content (AvgIpc) is 3.25. The summed E-state index contributed by atoms with van der Waals surface area (Å²) in [5.41, 5.74) is -0.318. The van der Waals surface area contributed by atoms with Crippen LogP contribution in [-0.2, 0) is 19.0 Å². The number of allylic oxidation sites excluding steroid dienone is 1. The van der Waals surface area contributed by atoms with Gasteiger partial charge in [0.05, 0.1) is 25.9 Å². The third-order valence-corrected chi connectivity index (χ3v) is 5.93. The monoisotopic (exact) mass is 382 g/mol. The zero-order valence-corrected chi connectivity index (χ0v) is 17.3. The molecule has 0 aromatic rings. The molecule has 3 atom stereocenters. The first-order valence-corrected chi connectivity index (χ1v) is 10.6. The predicted molar refractivity (Wildman–Crippen MR) is 105 cm³/mol. The molecule has 2 fully saturated rings. The van der Waals surface area contributed by atoms with Crippen LogP contribution in [0.2, 0.25) is 0 Å². The molecule has 0 bridgehead atoms. The number of carbonyl (C=O) groups is 1. The molecule has 27 heavy (non-hydrogen) atoms. The van der Waals surface area contributed by atoms with Gasteiger partial charge in [0, 0.05) is 30.8 Å². The Morgan fingerprint density at radius 3 is 2.70 bits per heavy atom. The maximum absolute atomic E-state index is 10.7. The number of unbranched alkanes of at least 4 members (excludes halogenated alkanes) is 2. The molecule has 2 aliphatic rings. The van der Waals surface area contributed by atoms with Crippen molar-refractivity contribution in [3.63, 3.8) is 0 Å². The smallest absolute Gasteiger partial charge is 0.171 e. The summed E-state index contributed by atoms with van der Waals surface area (Å²) in [6.07, 6.45) is 11.0. The minimum Gasteiger partial charge on any atom is -0.388 e.